The van der Waals surface area contributed by atoms with Gasteiger partial charge in [0.1, 0.15) is 5.82 Å². The van der Waals surface area contributed by atoms with Crippen LogP contribution in [0.1, 0.15) is 33.1 Å². The van der Waals surface area contributed by atoms with Gasteiger partial charge in [-0.3, -0.25) is 4.79 Å². The Morgan fingerprint density at radius 1 is 1.35 bits per heavy atom. The molecular formula is C18H23FN4OS2. The van der Waals surface area contributed by atoms with E-state index in [1.54, 1.807) is 12.1 Å². The third-order valence-electron chi connectivity index (χ3n) is 4.86. The van der Waals surface area contributed by atoms with Crippen LogP contribution in [0.15, 0.2) is 28.6 Å². The van der Waals surface area contributed by atoms with Gasteiger partial charge in [-0.05, 0) is 36.5 Å². The Morgan fingerprint density at radius 2 is 2.19 bits per heavy atom. The highest BCUT2D eigenvalue weighted by Gasteiger charge is 2.28. The zero-order chi connectivity index (χ0) is 18.5. The third-order valence-corrected chi connectivity index (χ3v) is 6.83. The van der Waals surface area contributed by atoms with Crippen LogP contribution >= 0.6 is 23.1 Å². The standard InChI is InChI=1S/C18H23FN4OS2/c1-11-5-3-8-15(12(11)2)21-16(24)10-25-18-23-22-17(26-18)20-14-7-4-6-13(19)9-14/h4,6-7,9,11-12,15H,3,5,8,10H2,1-2H3,(H,20,22)(H,21,24)/t11-,12-,15-/m1/s1. The summed E-state index contributed by atoms with van der Waals surface area (Å²) in [6.45, 7) is 4.48. The summed E-state index contributed by atoms with van der Waals surface area (Å²) in [5.74, 6) is 1.22. The van der Waals surface area contributed by atoms with Gasteiger partial charge in [-0.25, -0.2) is 4.39 Å². The van der Waals surface area contributed by atoms with E-state index >= 15 is 0 Å². The molecule has 0 radical (unpaired) electrons. The first kappa shape index (κ1) is 19.1. The van der Waals surface area contributed by atoms with Gasteiger partial charge >= 0.3 is 0 Å². The summed E-state index contributed by atoms with van der Waals surface area (Å²) in [4.78, 5) is 12.2. The van der Waals surface area contributed by atoms with Gasteiger partial charge in [0, 0.05) is 11.7 Å². The summed E-state index contributed by atoms with van der Waals surface area (Å²) in [6, 6.07) is 6.45. The molecule has 0 spiro atoms. The molecule has 1 saturated carbocycles. The van der Waals surface area contributed by atoms with Gasteiger partial charge in [-0.2, -0.15) is 0 Å². The number of carbonyl (C=O) groups is 1. The molecule has 5 nitrogen and oxygen atoms in total. The number of thioether (sulfide) groups is 1. The Hall–Kier alpha value is -1.67. The minimum atomic E-state index is -0.308. The number of nitrogens with zero attached hydrogens (tertiary/aromatic N) is 2. The number of rotatable bonds is 6. The maximum atomic E-state index is 13.2. The molecule has 1 aromatic carbocycles. The lowest BCUT2D eigenvalue weighted by Gasteiger charge is -2.34. The molecule has 0 unspecified atom stereocenters. The zero-order valence-electron chi connectivity index (χ0n) is 14.9. The number of benzene rings is 1. The van der Waals surface area contributed by atoms with Crippen molar-refractivity contribution in [2.45, 2.75) is 43.5 Å². The fourth-order valence-electron chi connectivity index (χ4n) is 3.17. The van der Waals surface area contributed by atoms with Crippen molar-refractivity contribution in [3.8, 4) is 0 Å². The van der Waals surface area contributed by atoms with Gasteiger partial charge in [0.2, 0.25) is 11.0 Å². The van der Waals surface area contributed by atoms with E-state index in [0.29, 0.717) is 32.7 Å². The van der Waals surface area contributed by atoms with E-state index in [1.807, 2.05) is 0 Å². The summed E-state index contributed by atoms with van der Waals surface area (Å²) in [7, 11) is 0. The van der Waals surface area contributed by atoms with E-state index in [0.717, 1.165) is 6.42 Å². The number of anilines is 2. The van der Waals surface area contributed by atoms with Crippen LogP contribution in [0.3, 0.4) is 0 Å². The zero-order valence-corrected chi connectivity index (χ0v) is 16.5. The molecule has 1 fully saturated rings. The van der Waals surface area contributed by atoms with Gasteiger partial charge < -0.3 is 10.6 Å². The van der Waals surface area contributed by atoms with Crippen LogP contribution in [-0.4, -0.2) is 27.9 Å². The van der Waals surface area contributed by atoms with E-state index in [4.69, 9.17) is 0 Å². The monoisotopic (exact) mass is 394 g/mol. The lowest BCUT2D eigenvalue weighted by Crippen LogP contribution is -2.44. The van der Waals surface area contributed by atoms with Crippen molar-refractivity contribution in [3.05, 3.63) is 30.1 Å². The third kappa shape index (κ3) is 5.17. The van der Waals surface area contributed by atoms with Crippen molar-refractivity contribution in [2.75, 3.05) is 11.1 Å². The minimum Gasteiger partial charge on any atom is -0.352 e. The summed E-state index contributed by atoms with van der Waals surface area (Å²) in [5, 5.41) is 14.9. The number of nitrogens with one attached hydrogen (secondary N) is 2. The topological polar surface area (TPSA) is 66.9 Å². The van der Waals surface area contributed by atoms with Gasteiger partial charge in [0.05, 0.1) is 5.75 Å². The first-order valence-electron chi connectivity index (χ1n) is 8.79. The van der Waals surface area contributed by atoms with Crippen LogP contribution in [-0.2, 0) is 4.79 Å². The normalized spacial score (nSPS) is 22.8. The van der Waals surface area contributed by atoms with Gasteiger partial charge in [-0.1, -0.05) is 55.9 Å². The average Bonchev–Trinajstić information content (AvgIpc) is 3.05. The lowest BCUT2D eigenvalue weighted by atomic mass is 9.78. The molecule has 3 atom stereocenters. The van der Waals surface area contributed by atoms with Gasteiger partial charge in [0.15, 0.2) is 4.34 Å². The number of hydrogen-bond donors (Lipinski definition) is 2. The first-order chi connectivity index (χ1) is 12.5. The molecule has 3 rings (SSSR count). The quantitative estimate of drug-likeness (QED) is 0.709. The van der Waals surface area contributed by atoms with E-state index in [1.165, 1.54) is 48.1 Å². The van der Waals surface area contributed by atoms with Crippen molar-refractivity contribution in [2.24, 2.45) is 11.8 Å². The highest BCUT2D eigenvalue weighted by atomic mass is 32.2. The molecule has 1 amide bonds. The highest BCUT2D eigenvalue weighted by molar-refractivity contribution is 8.01. The van der Waals surface area contributed by atoms with Crippen molar-refractivity contribution < 1.29 is 9.18 Å². The van der Waals surface area contributed by atoms with E-state index in [9.17, 15) is 9.18 Å². The Morgan fingerprint density at radius 3 is 3.00 bits per heavy atom. The van der Waals surface area contributed by atoms with E-state index < -0.39 is 0 Å². The average molecular weight is 395 g/mol. The van der Waals surface area contributed by atoms with Crippen LogP contribution in [0, 0.1) is 17.7 Å². The van der Waals surface area contributed by atoms with Crippen molar-refractivity contribution in [3.63, 3.8) is 0 Å². The number of carbonyl (C=O) groups excluding carboxylic acids is 1. The number of halogens is 1. The summed E-state index contributed by atoms with van der Waals surface area (Å²) in [6.07, 6.45) is 3.48. The molecule has 0 aliphatic heterocycles. The summed E-state index contributed by atoms with van der Waals surface area (Å²) in [5.41, 5.74) is 0.621. The molecule has 2 N–H and O–H groups in total. The maximum absolute atomic E-state index is 13.2. The van der Waals surface area contributed by atoms with Crippen LogP contribution in [0.2, 0.25) is 0 Å². The number of amides is 1. The van der Waals surface area contributed by atoms with E-state index in [-0.39, 0.29) is 17.8 Å². The number of aromatic nitrogens is 2. The molecule has 1 aliphatic carbocycles. The van der Waals surface area contributed by atoms with Gasteiger partial charge in [-0.15, -0.1) is 10.2 Å². The second kappa shape index (κ2) is 8.81. The van der Waals surface area contributed by atoms with Crippen LogP contribution in [0.4, 0.5) is 15.2 Å². The van der Waals surface area contributed by atoms with Crippen molar-refractivity contribution >= 4 is 39.8 Å². The molecule has 0 bridgehead atoms. The van der Waals surface area contributed by atoms with Crippen LogP contribution in [0.5, 0.6) is 0 Å². The Kier molecular flexibility index (Phi) is 6.48. The molecular weight excluding hydrogens is 371 g/mol. The van der Waals surface area contributed by atoms with Crippen LogP contribution < -0.4 is 10.6 Å². The molecule has 26 heavy (non-hydrogen) atoms. The highest BCUT2D eigenvalue weighted by Crippen LogP contribution is 2.30. The SMILES string of the molecule is C[C@@H]1[C@H](C)CCC[C@H]1NC(=O)CSc1nnc(Nc2cccc(F)c2)s1. The largest absolute Gasteiger partial charge is 0.352 e. The number of hydrogen-bond acceptors (Lipinski definition) is 6. The van der Waals surface area contributed by atoms with Crippen molar-refractivity contribution in [1.82, 2.24) is 15.5 Å². The fourth-order valence-corrected chi connectivity index (χ4v) is 4.75. The Labute approximate surface area is 161 Å². The molecule has 2 aromatic rings. The van der Waals surface area contributed by atoms with E-state index in [2.05, 4.69) is 34.7 Å². The van der Waals surface area contributed by atoms with Gasteiger partial charge in [0.25, 0.3) is 0 Å². The molecule has 8 heteroatoms. The van der Waals surface area contributed by atoms with Crippen molar-refractivity contribution in [1.29, 1.82) is 0 Å². The smallest absolute Gasteiger partial charge is 0.230 e. The fraction of sp³-hybridized carbons (Fsp3) is 0.500. The predicted molar refractivity (Wildman–Crippen MR) is 104 cm³/mol. The molecule has 140 valence electrons. The first-order valence-corrected chi connectivity index (χ1v) is 10.6. The maximum Gasteiger partial charge on any atom is 0.230 e. The molecule has 0 saturated heterocycles. The summed E-state index contributed by atoms with van der Waals surface area (Å²) < 4.78 is 13.9. The molecule has 1 aliphatic rings. The predicted octanol–water partition coefficient (Wildman–Crippen LogP) is 4.45. The lowest BCUT2D eigenvalue weighted by molar-refractivity contribution is -0.119. The second-order valence-corrected chi connectivity index (χ2v) is 8.94. The second-order valence-electron chi connectivity index (χ2n) is 6.74. The minimum absolute atomic E-state index is 0.0378. The molecule has 1 aromatic heterocycles. The Balaban J connectivity index is 1.47. The van der Waals surface area contributed by atoms with Crippen LogP contribution in [0.25, 0.3) is 0 Å². The Bertz CT molecular complexity index is 754. The molecule has 1 heterocycles. The summed E-state index contributed by atoms with van der Waals surface area (Å²) >= 11 is 2.72.